The van der Waals surface area contributed by atoms with E-state index in [0.29, 0.717) is 49.7 Å². The van der Waals surface area contributed by atoms with Crippen LogP contribution < -0.4 is 4.74 Å². The van der Waals surface area contributed by atoms with Crippen LogP contribution in [0.25, 0.3) is 0 Å². The molecule has 4 rings (SSSR count). The summed E-state index contributed by atoms with van der Waals surface area (Å²) in [6.45, 7) is 4.15. The number of morpholine rings is 1. The number of hydrogen-bond donors (Lipinski definition) is 0. The third-order valence-corrected chi connectivity index (χ3v) is 6.12. The number of oxime groups is 1. The van der Waals surface area contributed by atoms with Crippen LogP contribution in [0, 0.1) is 6.92 Å². The Labute approximate surface area is 219 Å². The first-order chi connectivity index (χ1) is 18.3. The molecule has 0 N–H and O–H groups in total. The molecule has 200 valence electrons. The lowest BCUT2D eigenvalue weighted by molar-refractivity contribution is -0.138. The Balaban J connectivity index is 1.40. The molecular formula is C29H29F3N2O4. The molecule has 6 nitrogen and oxygen atoms in total. The highest BCUT2D eigenvalue weighted by atomic mass is 19.4. The maximum atomic E-state index is 12.8. The number of carbonyl (C=O) groups excluding carboxylic acids is 1. The van der Waals surface area contributed by atoms with Crippen molar-refractivity contribution in [3.8, 4) is 5.75 Å². The van der Waals surface area contributed by atoms with Crippen molar-refractivity contribution in [3.05, 3.63) is 101 Å². The smallest absolute Gasteiger partial charge is 0.416 e. The van der Waals surface area contributed by atoms with Gasteiger partial charge in [0.25, 0.3) is 5.91 Å². The number of amides is 1. The minimum atomic E-state index is -4.38. The summed E-state index contributed by atoms with van der Waals surface area (Å²) in [6.07, 6.45) is -3.92. The van der Waals surface area contributed by atoms with Crippen LogP contribution in [0.5, 0.6) is 5.75 Å². The van der Waals surface area contributed by atoms with E-state index >= 15 is 0 Å². The number of rotatable bonds is 9. The third-order valence-electron chi connectivity index (χ3n) is 6.12. The molecule has 3 aromatic carbocycles. The zero-order chi connectivity index (χ0) is 27.0. The van der Waals surface area contributed by atoms with Crippen molar-refractivity contribution in [1.82, 2.24) is 4.90 Å². The van der Waals surface area contributed by atoms with Gasteiger partial charge in [0.2, 0.25) is 0 Å². The van der Waals surface area contributed by atoms with Crippen LogP contribution >= 0.6 is 0 Å². The Morgan fingerprint density at radius 3 is 2.32 bits per heavy atom. The SMILES string of the molecule is Cc1cc(CC(=NOCc2ccc(C(F)(F)F)cc2)c2ccccc2)ccc1OCC(=O)N1CCOCC1. The minimum absolute atomic E-state index is 0.0330. The average molecular weight is 527 g/mol. The third kappa shape index (κ3) is 7.58. The monoisotopic (exact) mass is 526 g/mol. The molecule has 0 saturated carbocycles. The standard InChI is InChI=1S/C29H29F3N2O4/c1-21-17-23(9-12-27(21)37-20-28(35)34-13-15-36-16-14-34)18-26(24-5-3-2-4-6-24)33-38-19-22-7-10-25(11-8-22)29(30,31)32/h2-12,17H,13-16,18-20H2,1H3. The molecule has 0 aliphatic carbocycles. The van der Waals surface area contributed by atoms with Crippen LogP contribution in [0.15, 0.2) is 78.0 Å². The van der Waals surface area contributed by atoms with Gasteiger partial charge in [0.15, 0.2) is 6.61 Å². The number of benzene rings is 3. The van der Waals surface area contributed by atoms with Gasteiger partial charge in [0.1, 0.15) is 12.4 Å². The first-order valence-corrected chi connectivity index (χ1v) is 12.3. The first kappa shape index (κ1) is 27.2. The normalized spacial score (nSPS) is 14.3. The molecule has 1 aliphatic heterocycles. The summed E-state index contributed by atoms with van der Waals surface area (Å²) in [5, 5.41) is 4.32. The molecule has 0 aromatic heterocycles. The topological polar surface area (TPSA) is 60.4 Å². The second kappa shape index (κ2) is 12.6. The average Bonchev–Trinajstić information content (AvgIpc) is 2.92. The highest BCUT2D eigenvalue weighted by molar-refractivity contribution is 6.01. The van der Waals surface area contributed by atoms with Crippen molar-refractivity contribution >= 4 is 11.6 Å². The summed E-state index contributed by atoms with van der Waals surface area (Å²) in [4.78, 5) is 19.7. The summed E-state index contributed by atoms with van der Waals surface area (Å²) >= 11 is 0. The number of aryl methyl sites for hydroxylation is 1. The molecule has 0 atom stereocenters. The van der Waals surface area contributed by atoms with Gasteiger partial charge in [-0.25, -0.2) is 0 Å². The Kier molecular flexibility index (Phi) is 9.02. The van der Waals surface area contributed by atoms with Gasteiger partial charge < -0.3 is 19.2 Å². The van der Waals surface area contributed by atoms with E-state index in [-0.39, 0.29) is 19.1 Å². The highest BCUT2D eigenvalue weighted by Gasteiger charge is 2.29. The van der Waals surface area contributed by atoms with Gasteiger partial charge in [0, 0.05) is 19.5 Å². The molecule has 1 aliphatic rings. The van der Waals surface area contributed by atoms with E-state index in [1.165, 1.54) is 12.1 Å². The summed E-state index contributed by atoms with van der Waals surface area (Å²) in [5.41, 5.74) is 3.27. The Bertz CT molecular complexity index is 1240. The number of alkyl halides is 3. The molecule has 1 heterocycles. The largest absolute Gasteiger partial charge is 0.484 e. The molecule has 9 heteroatoms. The molecule has 3 aromatic rings. The number of hydrogen-bond acceptors (Lipinski definition) is 5. The van der Waals surface area contributed by atoms with Crippen molar-refractivity contribution in [3.63, 3.8) is 0 Å². The highest BCUT2D eigenvalue weighted by Crippen LogP contribution is 2.29. The quantitative estimate of drug-likeness (QED) is 0.276. The van der Waals surface area contributed by atoms with E-state index < -0.39 is 11.7 Å². The van der Waals surface area contributed by atoms with Gasteiger partial charge in [-0.05, 0) is 47.4 Å². The van der Waals surface area contributed by atoms with E-state index in [2.05, 4.69) is 5.16 Å². The molecule has 0 spiro atoms. The summed E-state index contributed by atoms with van der Waals surface area (Å²) in [7, 11) is 0. The van der Waals surface area contributed by atoms with Crippen LogP contribution in [0.4, 0.5) is 13.2 Å². The number of carbonyl (C=O) groups is 1. The maximum Gasteiger partial charge on any atom is 0.416 e. The molecule has 38 heavy (non-hydrogen) atoms. The molecule has 1 saturated heterocycles. The van der Waals surface area contributed by atoms with Crippen molar-refractivity contribution in [2.45, 2.75) is 26.1 Å². The maximum absolute atomic E-state index is 12.8. The number of halogens is 3. The van der Waals surface area contributed by atoms with Gasteiger partial charge in [0.05, 0.1) is 24.5 Å². The fourth-order valence-electron chi connectivity index (χ4n) is 4.01. The summed E-state index contributed by atoms with van der Waals surface area (Å²) in [5.74, 6) is 0.563. The predicted octanol–water partition coefficient (Wildman–Crippen LogP) is 5.42. The van der Waals surface area contributed by atoms with Crippen molar-refractivity contribution in [2.24, 2.45) is 5.16 Å². The van der Waals surface area contributed by atoms with E-state index in [0.717, 1.165) is 28.8 Å². The number of nitrogens with zero attached hydrogens (tertiary/aromatic N) is 2. The van der Waals surface area contributed by atoms with Crippen LogP contribution in [0.2, 0.25) is 0 Å². The van der Waals surface area contributed by atoms with E-state index in [1.807, 2.05) is 55.5 Å². The lowest BCUT2D eigenvalue weighted by Gasteiger charge is -2.26. The van der Waals surface area contributed by atoms with Crippen LogP contribution in [0.3, 0.4) is 0 Å². The summed E-state index contributed by atoms with van der Waals surface area (Å²) < 4.78 is 49.5. The second-order valence-corrected chi connectivity index (χ2v) is 8.93. The molecule has 1 amide bonds. The fraction of sp³-hybridized carbons (Fsp3) is 0.310. The zero-order valence-electron chi connectivity index (χ0n) is 21.0. The minimum Gasteiger partial charge on any atom is -0.484 e. The first-order valence-electron chi connectivity index (χ1n) is 12.3. The van der Waals surface area contributed by atoms with Crippen LogP contribution in [0.1, 0.15) is 27.8 Å². The number of ether oxygens (including phenoxy) is 2. The Morgan fingerprint density at radius 1 is 0.974 bits per heavy atom. The van der Waals surface area contributed by atoms with Crippen molar-refractivity contribution in [2.75, 3.05) is 32.9 Å². The molecule has 0 unspecified atom stereocenters. The van der Waals surface area contributed by atoms with Gasteiger partial charge >= 0.3 is 6.18 Å². The Hall–Kier alpha value is -3.85. The van der Waals surface area contributed by atoms with Gasteiger partial charge in [-0.1, -0.05) is 59.8 Å². The molecule has 0 bridgehead atoms. The fourth-order valence-corrected chi connectivity index (χ4v) is 4.01. The van der Waals surface area contributed by atoms with Crippen molar-refractivity contribution < 1.29 is 32.3 Å². The van der Waals surface area contributed by atoms with Gasteiger partial charge in [-0.2, -0.15) is 13.2 Å². The van der Waals surface area contributed by atoms with Crippen LogP contribution in [-0.2, 0) is 33.6 Å². The molecular weight excluding hydrogens is 497 g/mol. The van der Waals surface area contributed by atoms with Gasteiger partial charge in [-0.15, -0.1) is 0 Å². The van der Waals surface area contributed by atoms with Gasteiger partial charge in [-0.3, -0.25) is 4.79 Å². The van der Waals surface area contributed by atoms with E-state index in [4.69, 9.17) is 14.3 Å². The Morgan fingerprint density at radius 2 is 1.66 bits per heavy atom. The molecule has 1 fully saturated rings. The predicted molar refractivity (Wildman–Crippen MR) is 137 cm³/mol. The van der Waals surface area contributed by atoms with Crippen LogP contribution in [-0.4, -0.2) is 49.4 Å². The lowest BCUT2D eigenvalue weighted by atomic mass is 10.0. The summed E-state index contributed by atoms with van der Waals surface area (Å²) in [6, 6.07) is 20.1. The van der Waals surface area contributed by atoms with E-state index in [1.54, 1.807) is 4.90 Å². The van der Waals surface area contributed by atoms with Crippen molar-refractivity contribution in [1.29, 1.82) is 0 Å². The van der Waals surface area contributed by atoms with E-state index in [9.17, 15) is 18.0 Å². The second-order valence-electron chi connectivity index (χ2n) is 8.93. The zero-order valence-corrected chi connectivity index (χ0v) is 21.0. The lowest BCUT2D eigenvalue weighted by Crippen LogP contribution is -2.43. The molecule has 0 radical (unpaired) electrons.